The topological polar surface area (TPSA) is 29.3 Å². The molecule has 10 heavy (non-hydrogen) atoms. The van der Waals surface area contributed by atoms with Gasteiger partial charge in [-0.25, -0.2) is 0 Å². The number of nitrogens with zero attached hydrogens (tertiary/aromatic N) is 1. The minimum Gasteiger partial charge on any atom is -0.326 e. The third-order valence-corrected chi connectivity index (χ3v) is 3.17. The molecule has 0 aromatic rings. The van der Waals surface area contributed by atoms with Crippen LogP contribution in [0.15, 0.2) is 0 Å². The first-order valence-corrected chi connectivity index (χ1v) is 4.32. The number of likely N-dealkylation sites (tertiary alicyclic amines) is 1. The average molecular weight is 140 g/mol. The largest absolute Gasteiger partial charge is 0.326 e. The number of fused-ring (bicyclic) bond motifs is 2. The van der Waals surface area contributed by atoms with Gasteiger partial charge in [-0.05, 0) is 25.3 Å². The van der Waals surface area contributed by atoms with Crippen molar-refractivity contribution in [1.29, 1.82) is 0 Å². The summed E-state index contributed by atoms with van der Waals surface area (Å²) in [5.41, 5.74) is 6.01. The fourth-order valence-corrected chi connectivity index (χ4v) is 2.52. The molecule has 1 aliphatic heterocycles. The van der Waals surface area contributed by atoms with Gasteiger partial charge < -0.3 is 5.73 Å². The smallest absolute Gasteiger partial charge is 0.0250 e. The molecule has 2 N–H and O–H groups in total. The van der Waals surface area contributed by atoms with Gasteiger partial charge in [0, 0.05) is 18.6 Å². The lowest BCUT2D eigenvalue weighted by molar-refractivity contribution is 0.222. The van der Waals surface area contributed by atoms with Gasteiger partial charge in [-0.3, -0.25) is 4.90 Å². The predicted molar refractivity (Wildman–Crippen MR) is 41.7 cm³/mol. The molecule has 2 heteroatoms. The number of likely N-dealkylation sites (N-methyl/N-ethyl adjacent to an activating group) is 1. The van der Waals surface area contributed by atoms with Crippen LogP contribution in [0, 0.1) is 5.92 Å². The summed E-state index contributed by atoms with van der Waals surface area (Å²) in [6.07, 6.45) is 2.72. The molecule has 0 amide bonds. The van der Waals surface area contributed by atoms with Crippen LogP contribution in [0.25, 0.3) is 0 Å². The number of hydrogen-bond donors (Lipinski definition) is 1. The Bertz CT molecular complexity index is 135. The van der Waals surface area contributed by atoms with E-state index in [0.29, 0.717) is 6.04 Å². The van der Waals surface area contributed by atoms with Crippen LogP contribution in [0.1, 0.15) is 19.8 Å². The number of hydrogen-bond acceptors (Lipinski definition) is 2. The van der Waals surface area contributed by atoms with E-state index in [9.17, 15) is 0 Å². The molecule has 2 nitrogen and oxygen atoms in total. The van der Waals surface area contributed by atoms with E-state index >= 15 is 0 Å². The predicted octanol–water partition coefficient (Wildman–Crippen LogP) is 0.428. The zero-order valence-electron chi connectivity index (χ0n) is 6.59. The molecule has 2 unspecified atom stereocenters. The fourth-order valence-electron chi connectivity index (χ4n) is 2.52. The molecule has 58 valence electrons. The van der Waals surface area contributed by atoms with Gasteiger partial charge in [0.2, 0.25) is 0 Å². The van der Waals surface area contributed by atoms with Gasteiger partial charge in [0.25, 0.3) is 0 Å². The lowest BCUT2D eigenvalue weighted by Crippen LogP contribution is -2.37. The Kier molecular flexibility index (Phi) is 1.46. The van der Waals surface area contributed by atoms with E-state index in [1.807, 2.05) is 0 Å². The minimum absolute atomic E-state index is 0.500. The molecule has 2 bridgehead atoms. The maximum absolute atomic E-state index is 6.01. The van der Waals surface area contributed by atoms with Crippen molar-refractivity contribution in [2.75, 3.05) is 13.1 Å². The zero-order chi connectivity index (χ0) is 7.14. The van der Waals surface area contributed by atoms with Crippen molar-refractivity contribution in [3.05, 3.63) is 0 Å². The van der Waals surface area contributed by atoms with Gasteiger partial charge in [-0.1, -0.05) is 6.92 Å². The van der Waals surface area contributed by atoms with Crippen LogP contribution < -0.4 is 5.73 Å². The Morgan fingerprint density at radius 2 is 2.30 bits per heavy atom. The van der Waals surface area contributed by atoms with Crippen LogP contribution in [0.2, 0.25) is 0 Å². The summed E-state index contributed by atoms with van der Waals surface area (Å²) in [5, 5.41) is 0. The molecule has 0 aromatic carbocycles. The maximum atomic E-state index is 6.01. The number of piperidine rings is 1. The van der Waals surface area contributed by atoms with E-state index in [2.05, 4.69) is 11.8 Å². The van der Waals surface area contributed by atoms with Crippen molar-refractivity contribution < 1.29 is 0 Å². The summed E-state index contributed by atoms with van der Waals surface area (Å²) in [7, 11) is 0. The van der Waals surface area contributed by atoms with Gasteiger partial charge in [0.05, 0.1) is 0 Å². The standard InChI is InChI=1S/C8H16N2/c1-2-10-5-6-3-4-7(10)8(6)9/h6-8H,2-5,9H2,1H3/t6?,7?,8-/m1/s1. The van der Waals surface area contributed by atoms with E-state index in [1.54, 1.807) is 0 Å². The van der Waals surface area contributed by atoms with Gasteiger partial charge >= 0.3 is 0 Å². The lowest BCUT2D eigenvalue weighted by atomic mass is 10.1. The van der Waals surface area contributed by atoms with Crippen LogP contribution in [0.3, 0.4) is 0 Å². The van der Waals surface area contributed by atoms with Gasteiger partial charge in [0.1, 0.15) is 0 Å². The minimum atomic E-state index is 0.500. The first kappa shape index (κ1) is 6.62. The van der Waals surface area contributed by atoms with Crippen LogP contribution in [0.4, 0.5) is 0 Å². The molecule has 0 spiro atoms. The Hall–Kier alpha value is -0.0800. The monoisotopic (exact) mass is 140 g/mol. The fraction of sp³-hybridized carbons (Fsp3) is 1.00. The molecule has 0 aromatic heterocycles. The summed E-state index contributed by atoms with van der Waals surface area (Å²) >= 11 is 0. The quantitative estimate of drug-likeness (QED) is 0.572. The van der Waals surface area contributed by atoms with E-state index in [4.69, 9.17) is 5.73 Å². The van der Waals surface area contributed by atoms with E-state index in [0.717, 1.165) is 12.0 Å². The summed E-state index contributed by atoms with van der Waals surface area (Å²) in [5.74, 6) is 0.824. The van der Waals surface area contributed by atoms with Crippen molar-refractivity contribution in [3.8, 4) is 0 Å². The molecule has 3 atom stereocenters. The van der Waals surface area contributed by atoms with Crippen molar-refractivity contribution in [1.82, 2.24) is 4.90 Å². The van der Waals surface area contributed by atoms with Crippen molar-refractivity contribution in [2.45, 2.75) is 31.8 Å². The summed E-state index contributed by atoms with van der Waals surface area (Å²) in [6.45, 7) is 4.69. The van der Waals surface area contributed by atoms with Crippen LogP contribution in [-0.2, 0) is 0 Å². The number of rotatable bonds is 1. The second kappa shape index (κ2) is 2.21. The summed E-state index contributed by atoms with van der Waals surface area (Å²) in [4.78, 5) is 2.53. The molecular formula is C8H16N2. The van der Waals surface area contributed by atoms with Crippen LogP contribution in [-0.4, -0.2) is 30.1 Å². The summed E-state index contributed by atoms with van der Waals surface area (Å²) < 4.78 is 0. The highest BCUT2D eigenvalue weighted by Gasteiger charge is 2.43. The Labute approximate surface area is 62.4 Å². The van der Waals surface area contributed by atoms with Gasteiger partial charge in [-0.2, -0.15) is 0 Å². The molecule has 1 saturated carbocycles. The highest BCUT2D eigenvalue weighted by atomic mass is 15.2. The Morgan fingerprint density at radius 3 is 2.60 bits per heavy atom. The first-order valence-electron chi connectivity index (χ1n) is 4.32. The highest BCUT2D eigenvalue weighted by molar-refractivity contribution is 5.01. The zero-order valence-corrected chi connectivity index (χ0v) is 6.59. The van der Waals surface area contributed by atoms with E-state index in [-0.39, 0.29) is 0 Å². The van der Waals surface area contributed by atoms with E-state index in [1.165, 1.54) is 25.9 Å². The molecule has 1 saturated heterocycles. The Morgan fingerprint density at radius 1 is 1.50 bits per heavy atom. The second-order valence-corrected chi connectivity index (χ2v) is 3.57. The summed E-state index contributed by atoms with van der Waals surface area (Å²) in [6, 6.07) is 1.23. The molecule has 2 aliphatic rings. The van der Waals surface area contributed by atoms with Crippen molar-refractivity contribution >= 4 is 0 Å². The first-order chi connectivity index (χ1) is 4.83. The van der Waals surface area contributed by atoms with Crippen LogP contribution in [0.5, 0.6) is 0 Å². The third kappa shape index (κ3) is 0.722. The molecule has 0 radical (unpaired) electrons. The normalized spacial score (nSPS) is 46.8. The SMILES string of the molecule is CCN1CC2CCC1[C@@H]2N. The second-order valence-electron chi connectivity index (χ2n) is 3.57. The molecule has 2 rings (SSSR count). The van der Waals surface area contributed by atoms with Crippen LogP contribution >= 0.6 is 0 Å². The van der Waals surface area contributed by atoms with Gasteiger partial charge in [-0.15, -0.1) is 0 Å². The lowest BCUT2D eigenvalue weighted by Gasteiger charge is -2.24. The Balaban J connectivity index is 2.08. The average Bonchev–Trinajstić information content (AvgIpc) is 2.46. The molecule has 1 aliphatic carbocycles. The van der Waals surface area contributed by atoms with E-state index < -0.39 is 0 Å². The molecule has 1 heterocycles. The van der Waals surface area contributed by atoms with Crippen molar-refractivity contribution in [3.63, 3.8) is 0 Å². The highest BCUT2D eigenvalue weighted by Crippen LogP contribution is 2.35. The van der Waals surface area contributed by atoms with Crippen molar-refractivity contribution in [2.24, 2.45) is 11.7 Å². The molecular weight excluding hydrogens is 124 g/mol. The maximum Gasteiger partial charge on any atom is 0.0250 e. The molecule has 2 fully saturated rings. The third-order valence-electron chi connectivity index (χ3n) is 3.17. The number of nitrogens with two attached hydrogens (primary N) is 1. The van der Waals surface area contributed by atoms with Gasteiger partial charge in [0.15, 0.2) is 0 Å².